The topological polar surface area (TPSA) is 79.4 Å². The monoisotopic (exact) mass is 359 g/mol. The van der Waals surface area contributed by atoms with Crippen LogP contribution in [0.4, 0.5) is 5.13 Å². The molecule has 2 rings (SSSR count). The fourth-order valence-corrected chi connectivity index (χ4v) is 5.05. The minimum Gasteiger partial charge on any atom is -0.301 e. The van der Waals surface area contributed by atoms with Crippen LogP contribution in [0.25, 0.3) is 0 Å². The van der Waals surface area contributed by atoms with Crippen LogP contribution in [-0.4, -0.2) is 41.5 Å². The van der Waals surface area contributed by atoms with E-state index in [1.165, 1.54) is 29.5 Å². The normalized spacial score (nSPS) is 17.0. The minimum atomic E-state index is -3.65. The van der Waals surface area contributed by atoms with Crippen LogP contribution >= 0.6 is 11.3 Å². The van der Waals surface area contributed by atoms with Gasteiger partial charge in [0, 0.05) is 18.0 Å². The van der Waals surface area contributed by atoms with E-state index < -0.39 is 20.7 Å². The fraction of sp³-hybridized carbons (Fsp3) is 0.733. The molecule has 2 heterocycles. The highest BCUT2D eigenvalue weighted by Crippen LogP contribution is 2.34. The van der Waals surface area contributed by atoms with Crippen molar-refractivity contribution >= 4 is 32.4 Å². The van der Waals surface area contributed by atoms with E-state index in [4.69, 9.17) is 0 Å². The Kier molecular flexibility index (Phi) is 4.65. The zero-order valence-electron chi connectivity index (χ0n) is 14.6. The summed E-state index contributed by atoms with van der Waals surface area (Å²) < 4.78 is 24.9. The quantitative estimate of drug-likeness (QED) is 0.896. The Morgan fingerprint density at radius 2 is 1.78 bits per heavy atom. The molecule has 1 saturated heterocycles. The molecule has 0 bridgehead atoms. The number of carbonyl (C=O) groups is 1. The Bertz CT molecular complexity index is 711. The molecule has 0 saturated carbocycles. The third kappa shape index (κ3) is 3.29. The van der Waals surface area contributed by atoms with Crippen molar-refractivity contribution in [3.63, 3.8) is 0 Å². The number of carbonyl (C=O) groups excluding carboxylic acids is 1. The molecule has 6 nitrogen and oxygen atoms in total. The van der Waals surface area contributed by atoms with Crippen molar-refractivity contribution < 1.29 is 13.2 Å². The molecule has 0 aliphatic carbocycles. The first-order valence-corrected chi connectivity index (χ1v) is 9.92. The molecule has 1 amide bonds. The van der Waals surface area contributed by atoms with Crippen LogP contribution in [0.3, 0.4) is 0 Å². The molecule has 1 aliphatic rings. The molecule has 130 valence electrons. The molecule has 8 heteroatoms. The highest BCUT2D eigenvalue weighted by molar-refractivity contribution is 7.91. The lowest BCUT2D eigenvalue weighted by Gasteiger charge is -2.36. The van der Waals surface area contributed by atoms with Crippen molar-refractivity contribution in [2.75, 3.05) is 18.4 Å². The number of nitrogens with one attached hydrogen (secondary N) is 1. The van der Waals surface area contributed by atoms with Crippen LogP contribution in [0.15, 0.2) is 0 Å². The summed E-state index contributed by atoms with van der Waals surface area (Å²) >= 11 is 1.40. The van der Waals surface area contributed by atoms with Gasteiger partial charge in [-0.2, -0.15) is 0 Å². The largest absolute Gasteiger partial charge is 0.301 e. The molecule has 0 aromatic carbocycles. The van der Waals surface area contributed by atoms with Gasteiger partial charge in [0.15, 0.2) is 9.88 Å². The first-order chi connectivity index (χ1) is 10.4. The summed E-state index contributed by atoms with van der Waals surface area (Å²) in [6.07, 6.45) is 0.845. The van der Waals surface area contributed by atoms with E-state index in [9.17, 15) is 13.2 Å². The van der Waals surface area contributed by atoms with Gasteiger partial charge in [-0.15, -0.1) is 11.3 Å². The Hall–Kier alpha value is -0.990. The maximum atomic E-state index is 12.5. The highest BCUT2D eigenvalue weighted by Gasteiger charge is 2.47. The van der Waals surface area contributed by atoms with Gasteiger partial charge in [0.05, 0.1) is 5.69 Å². The van der Waals surface area contributed by atoms with Gasteiger partial charge in [-0.3, -0.25) is 4.79 Å². The van der Waals surface area contributed by atoms with Crippen LogP contribution in [0.5, 0.6) is 0 Å². The summed E-state index contributed by atoms with van der Waals surface area (Å²) in [4.78, 5) is 18.0. The number of amides is 1. The van der Waals surface area contributed by atoms with E-state index in [0.717, 1.165) is 17.0 Å². The number of nitrogens with zero attached hydrogens (tertiary/aromatic N) is 2. The van der Waals surface area contributed by atoms with Crippen molar-refractivity contribution in [1.82, 2.24) is 9.29 Å². The van der Waals surface area contributed by atoms with Gasteiger partial charge in [-0.05, 0) is 32.6 Å². The summed E-state index contributed by atoms with van der Waals surface area (Å²) in [5.74, 6) is -0.543. The zero-order valence-corrected chi connectivity index (χ0v) is 16.2. The van der Waals surface area contributed by atoms with Gasteiger partial charge in [-0.1, -0.05) is 20.8 Å². The van der Waals surface area contributed by atoms with Crippen molar-refractivity contribution in [3.05, 3.63) is 10.6 Å². The average Bonchev–Trinajstić information content (AvgIpc) is 2.66. The second-order valence-corrected chi connectivity index (χ2v) is 10.9. The van der Waals surface area contributed by atoms with Crippen molar-refractivity contribution in [2.24, 2.45) is 0 Å². The fourth-order valence-electron chi connectivity index (χ4n) is 2.36. The molecule has 0 atom stereocenters. The van der Waals surface area contributed by atoms with Crippen molar-refractivity contribution in [3.8, 4) is 0 Å². The number of rotatable bonds is 4. The second kappa shape index (κ2) is 5.82. The van der Waals surface area contributed by atoms with E-state index in [-0.39, 0.29) is 5.41 Å². The molecule has 1 N–H and O–H groups in total. The summed E-state index contributed by atoms with van der Waals surface area (Å²) in [6.45, 7) is 12.0. The summed E-state index contributed by atoms with van der Waals surface area (Å²) in [5.41, 5.74) is 0.797. The van der Waals surface area contributed by atoms with Gasteiger partial charge in [0.2, 0.25) is 15.9 Å². The SMILES string of the molecule is Cc1nc(NC(=O)C(C)(C)S(=O)(=O)N2CCC2)sc1C(C)(C)C. The number of hydrogen-bond donors (Lipinski definition) is 1. The third-order valence-corrected chi connectivity index (χ3v) is 8.06. The number of thiazole rings is 1. The van der Waals surface area contributed by atoms with E-state index in [2.05, 4.69) is 31.1 Å². The maximum absolute atomic E-state index is 12.5. The summed E-state index contributed by atoms with van der Waals surface area (Å²) in [7, 11) is -3.65. The Balaban J connectivity index is 2.22. The average molecular weight is 360 g/mol. The lowest BCUT2D eigenvalue weighted by molar-refractivity contribution is -0.118. The van der Waals surface area contributed by atoms with E-state index in [0.29, 0.717) is 18.2 Å². The van der Waals surface area contributed by atoms with Gasteiger partial charge in [0.25, 0.3) is 0 Å². The highest BCUT2D eigenvalue weighted by atomic mass is 32.2. The molecule has 0 radical (unpaired) electrons. The third-order valence-electron chi connectivity index (χ3n) is 4.04. The zero-order chi connectivity index (χ0) is 17.6. The lowest BCUT2D eigenvalue weighted by atomic mass is 9.94. The maximum Gasteiger partial charge on any atom is 0.248 e. The van der Waals surface area contributed by atoms with Crippen molar-refractivity contribution in [1.29, 1.82) is 0 Å². The molecule has 1 fully saturated rings. The standard InChI is InChI=1S/C15H25N3O3S2/c1-10-11(14(2,3)4)22-13(16-10)17-12(19)15(5,6)23(20,21)18-8-7-9-18/h7-9H2,1-6H3,(H,16,17,19). The van der Waals surface area contributed by atoms with Crippen LogP contribution in [0.1, 0.15) is 51.6 Å². The Morgan fingerprint density at radius 3 is 2.17 bits per heavy atom. The van der Waals surface area contributed by atoms with E-state index in [1.54, 1.807) is 0 Å². The van der Waals surface area contributed by atoms with Crippen LogP contribution in [0, 0.1) is 6.92 Å². The smallest absolute Gasteiger partial charge is 0.248 e. The van der Waals surface area contributed by atoms with Gasteiger partial charge in [0.1, 0.15) is 0 Å². The number of anilines is 1. The summed E-state index contributed by atoms with van der Waals surface area (Å²) in [6, 6.07) is 0. The Labute approximate surface area is 142 Å². The molecular formula is C15H25N3O3S2. The predicted octanol–water partition coefficient (Wildman–Crippen LogP) is 2.50. The molecule has 23 heavy (non-hydrogen) atoms. The van der Waals surface area contributed by atoms with Crippen molar-refractivity contribution in [2.45, 2.75) is 58.1 Å². The molecular weight excluding hydrogens is 334 g/mol. The molecule has 1 aliphatic heterocycles. The summed E-state index contributed by atoms with van der Waals surface area (Å²) in [5, 5.41) is 3.14. The van der Waals surface area contributed by atoms with Gasteiger partial charge in [-0.25, -0.2) is 17.7 Å². The second-order valence-electron chi connectivity index (χ2n) is 7.41. The van der Waals surface area contributed by atoms with Crippen LogP contribution in [0.2, 0.25) is 0 Å². The first-order valence-electron chi connectivity index (χ1n) is 7.66. The number of aromatic nitrogens is 1. The number of hydrogen-bond acceptors (Lipinski definition) is 5. The molecule has 1 aromatic heterocycles. The van der Waals surface area contributed by atoms with Crippen LogP contribution < -0.4 is 5.32 Å². The van der Waals surface area contributed by atoms with Gasteiger partial charge < -0.3 is 5.32 Å². The molecule has 0 unspecified atom stereocenters. The molecule has 0 spiro atoms. The number of sulfonamides is 1. The lowest BCUT2D eigenvalue weighted by Crippen LogP contribution is -2.55. The Morgan fingerprint density at radius 1 is 1.22 bits per heavy atom. The predicted molar refractivity (Wildman–Crippen MR) is 93.4 cm³/mol. The van der Waals surface area contributed by atoms with Crippen LogP contribution in [-0.2, 0) is 20.2 Å². The van der Waals surface area contributed by atoms with E-state index in [1.807, 2.05) is 6.92 Å². The first kappa shape index (κ1) is 18.4. The molecule has 1 aromatic rings. The van der Waals surface area contributed by atoms with Gasteiger partial charge >= 0.3 is 0 Å². The number of aryl methyl sites for hydroxylation is 1. The minimum absolute atomic E-state index is 0.0655. The van der Waals surface area contributed by atoms with E-state index >= 15 is 0 Å².